The minimum absolute atomic E-state index is 0.0396. The summed E-state index contributed by atoms with van der Waals surface area (Å²) >= 11 is 0. The van der Waals surface area contributed by atoms with E-state index in [2.05, 4.69) is 5.92 Å². The zero-order valence-electron chi connectivity index (χ0n) is 8.72. The lowest BCUT2D eigenvalue weighted by molar-refractivity contribution is 0.0979. The summed E-state index contributed by atoms with van der Waals surface area (Å²) < 4.78 is 12.9. The van der Waals surface area contributed by atoms with E-state index in [0.29, 0.717) is 24.8 Å². The van der Waals surface area contributed by atoms with Gasteiger partial charge in [0.05, 0.1) is 0 Å². The van der Waals surface area contributed by atoms with Crippen molar-refractivity contribution in [2.24, 2.45) is 0 Å². The third kappa shape index (κ3) is 3.21. The number of carbonyl (C=O) groups is 1. The smallest absolute Gasteiger partial charge is 0.163 e. The lowest BCUT2D eigenvalue weighted by Crippen LogP contribution is -2.02. The summed E-state index contributed by atoms with van der Waals surface area (Å²) in [5, 5.41) is 0. The van der Waals surface area contributed by atoms with Crippen molar-refractivity contribution < 1.29 is 9.18 Å². The molecule has 0 heterocycles. The molecule has 0 amide bonds. The Hall–Kier alpha value is -1.62. The molecule has 0 saturated heterocycles. The topological polar surface area (TPSA) is 17.1 Å². The van der Waals surface area contributed by atoms with Crippen LogP contribution in [0.15, 0.2) is 18.2 Å². The van der Waals surface area contributed by atoms with E-state index in [1.54, 1.807) is 13.0 Å². The number of Topliss-reactive ketones (excluding diaryl/α,β-unsaturated/α-hetero) is 1. The van der Waals surface area contributed by atoms with E-state index in [9.17, 15) is 9.18 Å². The van der Waals surface area contributed by atoms with Crippen LogP contribution in [0.2, 0.25) is 0 Å². The SMILES string of the molecule is C#CCCCC(=O)c1cc(F)ccc1C. The molecule has 15 heavy (non-hydrogen) atoms. The molecule has 0 saturated carbocycles. The Morgan fingerprint density at radius 2 is 2.27 bits per heavy atom. The molecule has 78 valence electrons. The summed E-state index contributed by atoms with van der Waals surface area (Å²) in [5.74, 6) is 2.06. The van der Waals surface area contributed by atoms with E-state index in [4.69, 9.17) is 6.42 Å². The summed E-state index contributed by atoms with van der Waals surface area (Å²) in [5.41, 5.74) is 1.27. The fourth-order valence-electron chi connectivity index (χ4n) is 1.38. The Labute approximate surface area is 89.3 Å². The third-order valence-electron chi connectivity index (χ3n) is 2.22. The monoisotopic (exact) mass is 204 g/mol. The molecule has 0 bridgehead atoms. The molecule has 1 aromatic carbocycles. The van der Waals surface area contributed by atoms with Gasteiger partial charge >= 0.3 is 0 Å². The molecule has 0 N–H and O–H groups in total. The van der Waals surface area contributed by atoms with Gasteiger partial charge in [0, 0.05) is 18.4 Å². The molecule has 1 aromatic rings. The van der Waals surface area contributed by atoms with Crippen LogP contribution in [0.3, 0.4) is 0 Å². The molecule has 0 spiro atoms. The molecule has 1 rings (SSSR count). The van der Waals surface area contributed by atoms with Gasteiger partial charge in [-0.25, -0.2) is 4.39 Å². The van der Waals surface area contributed by atoms with Crippen molar-refractivity contribution >= 4 is 5.78 Å². The molecule has 0 fully saturated rings. The largest absolute Gasteiger partial charge is 0.294 e. The first-order chi connectivity index (χ1) is 7.15. The second kappa shape index (κ2) is 5.31. The molecule has 0 atom stereocenters. The van der Waals surface area contributed by atoms with Crippen LogP contribution in [-0.4, -0.2) is 5.78 Å². The van der Waals surface area contributed by atoms with E-state index in [0.717, 1.165) is 5.56 Å². The minimum Gasteiger partial charge on any atom is -0.294 e. The lowest BCUT2D eigenvalue weighted by Gasteiger charge is -2.03. The molecule has 0 unspecified atom stereocenters. The number of halogens is 1. The molecule has 0 aliphatic carbocycles. The Bertz CT molecular complexity index is 401. The molecule has 2 heteroatoms. The zero-order valence-corrected chi connectivity index (χ0v) is 8.72. The van der Waals surface area contributed by atoms with Crippen LogP contribution in [0.1, 0.15) is 35.2 Å². The molecular weight excluding hydrogens is 191 g/mol. The van der Waals surface area contributed by atoms with Crippen molar-refractivity contribution in [2.75, 3.05) is 0 Å². The number of ketones is 1. The van der Waals surface area contributed by atoms with E-state index < -0.39 is 0 Å². The van der Waals surface area contributed by atoms with Crippen LogP contribution in [0.4, 0.5) is 4.39 Å². The Balaban J connectivity index is 2.73. The van der Waals surface area contributed by atoms with Crippen LogP contribution in [0.5, 0.6) is 0 Å². The van der Waals surface area contributed by atoms with Gasteiger partial charge in [0.2, 0.25) is 0 Å². The summed E-state index contributed by atoms with van der Waals surface area (Å²) in [6, 6.07) is 4.25. The molecule has 0 radical (unpaired) electrons. The Morgan fingerprint density at radius 3 is 2.93 bits per heavy atom. The second-order valence-electron chi connectivity index (χ2n) is 3.44. The predicted octanol–water partition coefficient (Wildman–Crippen LogP) is 3.12. The van der Waals surface area contributed by atoms with E-state index in [1.807, 2.05) is 0 Å². The Kier molecular flexibility index (Phi) is 4.05. The van der Waals surface area contributed by atoms with Gasteiger partial charge in [-0.15, -0.1) is 12.3 Å². The van der Waals surface area contributed by atoms with Crippen molar-refractivity contribution in [1.82, 2.24) is 0 Å². The number of unbranched alkanes of at least 4 members (excludes halogenated alkanes) is 1. The first-order valence-corrected chi connectivity index (χ1v) is 4.88. The van der Waals surface area contributed by atoms with Crippen LogP contribution >= 0.6 is 0 Å². The van der Waals surface area contributed by atoms with Crippen LogP contribution in [0.25, 0.3) is 0 Å². The van der Waals surface area contributed by atoms with Gasteiger partial charge in [0.1, 0.15) is 5.82 Å². The molecular formula is C13H13FO. The van der Waals surface area contributed by atoms with Crippen LogP contribution in [0, 0.1) is 25.1 Å². The van der Waals surface area contributed by atoms with Crippen LogP contribution in [-0.2, 0) is 0 Å². The fraction of sp³-hybridized carbons (Fsp3) is 0.308. The van der Waals surface area contributed by atoms with Gasteiger partial charge < -0.3 is 0 Å². The maximum atomic E-state index is 12.9. The van der Waals surface area contributed by atoms with E-state index >= 15 is 0 Å². The molecule has 1 nitrogen and oxygen atoms in total. The fourth-order valence-corrected chi connectivity index (χ4v) is 1.38. The lowest BCUT2D eigenvalue weighted by atomic mass is 10.0. The first-order valence-electron chi connectivity index (χ1n) is 4.88. The van der Waals surface area contributed by atoms with Crippen molar-refractivity contribution in [3.05, 3.63) is 35.1 Å². The normalized spacial score (nSPS) is 9.67. The summed E-state index contributed by atoms with van der Waals surface area (Å²) in [6.07, 6.45) is 6.71. The number of rotatable bonds is 4. The van der Waals surface area contributed by atoms with Gasteiger partial charge in [-0.2, -0.15) is 0 Å². The number of hydrogen-bond donors (Lipinski definition) is 0. The number of aryl methyl sites for hydroxylation is 1. The average Bonchev–Trinajstić information content (AvgIpc) is 2.22. The van der Waals surface area contributed by atoms with Crippen LogP contribution < -0.4 is 0 Å². The highest BCUT2D eigenvalue weighted by molar-refractivity contribution is 5.97. The number of hydrogen-bond acceptors (Lipinski definition) is 1. The van der Waals surface area contributed by atoms with Crippen molar-refractivity contribution in [1.29, 1.82) is 0 Å². The van der Waals surface area contributed by atoms with Gasteiger partial charge in [0.25, 0.3) is 0 Å². The average molecular weight is 204 g/mol. The highest BCUT2D eigenvalue weighted by Crippen LogP contribution is 2.13. The standard InChI is InChI=1S/C13H13FO/c1-3-4-5-6-13(15)12-9-11(14)8-7-10(12)2/h1,7-9H,4-6H2,2H3. The van der Waals surface area contributed by atoms with Gasteiger partial charge in [0.15, 0.2) is 5.78 Å². The minimum atomic E-state index is -0.374. The summed E-state index contributed by atoms with van der Waals surface area (Å²) in [6.45, 7) is 1.80. The third-order valence-corrected chi connectivity index (χ3v) is 2.22. The number of carbonyl (C=O) groups excluding carboxylic acids is 1. The highest BCUT2D eigenvalue weighted by Gasteiger charge is 2.09. The first kappa shape index (κ1) is 11.5. The van der Waals surface area contributed by atoms with Gasteiger partial charge in [-0.3, -0.25) is 4.79 Å². The quantitative estimate of drug-likeness (QED) is 0.418. The summed E-state index contributed by atoms with van der Waals surface area (Å²) in [7, 11) is 0. The van der Waals surface area contributed by atoms with Crippen molar-refractivity contribution in [3.63, 3.8) is 0 Å². The number of terminal acetylenes is 1. The Morgan fingerprint density at radius 1 is 1.53 bits per heavy atom. The van der Waals surface area contributed by atoms with Gasteiger partial charge in [-0.1, -0.05) is 6.07 Å². The number of benzene rings is 1. The molecule has 0 aliphatic heterocycles. The van der Waals surface area contributed by atoms with Crippen molar-refractivity contribution in [3.8, 4) is 12.3 Å². The highest BCUT2D eigenvalue weighted by atomic mass is 19.1. The van der Waals surface area contributed by atoms with E-state index in [1.165, 1.54) is 12.1 Å². The van der Waals surface area contributed by atoms with Crippen molar-refractivity contribution in [2.45, 2.75) is 26.2 Å². The maximum Gasteiger partial charge on any atom is 0.163 e. The maximum absolute atomic E-state index is 12.9. The van der Waals surface area contributed by atoms with Gasteiger partial charge in [-0.05, 0) is 31.0 Å². The second-order valence-corrected chi connectivity index (χ2v) is 3.44. The predicted molar refractivity (Wildman–Crippen MR) is 58.2 cm³/mol. The van der Waals surface area contributed by atoms with E-state index in [-0.39, 0.29) is 11.6 Å². The molecule has 0 aromatic heterocycles. The zero-order chi connectivity index (χ0) is 11.3. The molecule has 0 aliphatic rings. The summed E-state index contributed by atoms with van der Waals surface area (Å²) in [4.78, 5) is 11.7.